The number of sulfone groups is 1. The number of hydrogen-bond acceptors (Lipinski definition) is 13. The Balaban J connectivity index is 0.975. The van der Waals surface area contributed by atoms with Crippen molar-refractivity contribution in [1.29, 1.82) is 0 Å². The molecular weight excluding hydrogens is 805 g/mol. The molecule has 2 bridgehead atoms. The summed E-state index contributed by atoms with van der Waals surface area (Å²) in [7, 11) is -3.54. The van der Waals surface area contributed by atoms with Gasteiger partial charge in [0.15, 0.2) is 34.0 Å². The predicted molar refractivity (Wildman–Crippen MR) is 222 cm³/mol. The second kappa shape index (κ2) is 16.3. The SMILES string of the molecule is C[C@H]1[C@@H](CC2COC3(CCCS(=O)(=O)c4ccccc4)OCC(C[C@H]4O[C@@H]5OC(C)(O)CC[C@H]6[C@H](C)CC[C@@H]([C@H]4C)[C@@]56O)C2O3)O[C@@H]2OC(C)(O)CC[C@H]3[C@H](C)CC[C@@H]1[C@@]23O. The third kappa shape index (κ3) is 8.00. The summed E-state index contributed by atoms with van der Waals surface area (Å²) in [5.41, 5.74) is -2.44. The minimum absolute atomic E-state index is 0.0164. The van der Waals surface area contributed by atoms with Crippen LogP contribution < -0.4 is 0 Å². The van der Waals surface area contributed by atoms with Crippen molar-refractivity contribution in [3.63, 3.8) is 0 Å². The van der Waals surface area contributed by atoms with Crippen LogP contribution in [0.1, 0.15) is 119 Å². The highest BCUT2D eigenvalue weighted by atomic mass is 32.2. The Hall–Kier alpha value is -1.27. The normalized spacial score (nSPS) is 52.3. The number of hydrogen-bond donors (Lipinski definition) is 4. The molecule has 1 aromatic rings. The lowest BCUT2D eigenvalue weighted by Gasteiger charge is -2.59. The lowest BCUT2D eigenvalue weighted by molar-refractivity contribution is -0.465. The average molecular weight is 877 g/mol. The van der Waals surface area contributed by atoms with Gasteiger partial charge >= 0.3 is 0 Å². The molecule has 18 atom stereocenters. The summed E-state index contributed by atoms with van der Waals surface area (Å²) < 4.78 is 72.9. The van der Waals surface area contributed by atoms with Crippen LogP contribution in [0.15, 0.2) is 35.2 Å². The molecule has 6 saturated heterocycles. The molecule has 8 fully saturated rings. The van der Waals surface area contributed by atoms with Crippen molar-refractivity contribution in [3.05, 3.63) is 30.3 Å². The molecule has 61 heavy (non-hydrogen) atoms. The van der Waals surface area contributed by atoms with E-state index in [4.69, 9.17) is 33.2 Å². The van der Waals surface area contributed by atoms with Gasteiger partial charge in [-0.1, -0.05) is 45.9 Å². The second-order valence-corrected chi connectivity index (χ2v) is 23.4. The number of benzene rings is 1. The molecule has 14 heteroatoms. The maximum absolute atomic E-state index is 13.3. The van der Waals surface area contributed by atoms with E-state index in [0.29, 0.717) is 38.5 Å². The van der Waals surface area contributed by atoms with Crippen LogP contribution in [0.2, 0.25) is 0 Å². The number of aliphatic hydroxyl groups is 4. The average Bonchev–Trinajstić information content (AvgIpc) is 3.38. The van der Waals surface area contributed by atoms with Gasteiger partial charge < -0.3 is 53.6 Å². The van der Waals surface area contributed by atoms with Gasteiger partial charge in [0.05, 0.1) is 42.2 Å². The molecule has 0 spiro atoms. The first-order valence-electron chi connectivity index (χ1n) is 23.5. The van der Waals surface area contributed by atoms with Crippen LogP contribution in [0.3, 0.4) is 0 Å². The summed E-state index contributed by atoms with van der Waals surface area (Å²) in [5.74, 6) is -4.47. The molecule has 2 saturated carbocycles. The van der Waals surface area contributed by atoms with E-state index >= 15 is 0 Å². The van der Waals surface area contributed by atoms with Gasteiger partial charge in [0.1, 0.15) is 11.2 Å². The van der Waals surface area contributed by atoms with Gasteiger partial charge in [0.25, 0.3) is 5.97 Å². The van der Waals surface area contributed by atoms with Crippen molar-refractivity contribution < 1.29 is 62.0 Å². The highest BCUT2D eigenvalue weighted by Gasteiger charge is 2.66. The van der Waals surface area contributed by atoms with Crippen LogP contribution >= 0.6 is 0 Å². The van der Waals surface area contributed by atoms with Crippen molar-refractivity contribution in [2.75, 3.05) is 19.0 Å². The van der Waals surface area contributed by atoms with E-state index in [-0.39, 0.29) is 114 Å². The minimum Gasteiger partial charge on any atom is -0.384 e. The minimum atomic E-state index is -3.54. The van der Waals surface area contributed by atoms with Crippen LogP contribution in [-0.4, -0.2) is 107 Å². The highest BCUT2D eigenvalue weighted by Crippen LogP contribution is 2.59. The highest BCUT2D eigenvalue weighted by molar-refractivity contribution is 7.91. The maximum atomic E-state index is 13.3. The molecule has 13 nitrogen and oxygen atoms in total. The monoisotopic (exact) mass is 876 g/mol. The van der Waals surface area contributed by atoms with Crippen molar-refractivity contribution in [2.24, 2.45) is 59.2 Å². The van der Waals surface area contributed by atoms with E-state index in [1.807, 2.05) is 0 Å². The molecule has 4 unspecified atom stereocenters. The molecule has 2 aliphatic carbocycles. The Kier molecular flexibility index (Phi) is 12.0. The van der Waals surface area contributed by atoms with E-state index in [1.165, 1.54) is 0 Å². The van der Waals surface area contributed by atoms with Gasteiger partial charge in [-0.25, -0.2) is 8.42 Å². The standard InChI is InChI=1S/C47H72O13S/c1-27-13-15-36-29(3)38(56-41-46(36,50)34(27)17-20-43(5,48)59-41)23-31-25-54-45(19-10-22-61(52,53)33-11-8-7-9-12-33)55-26-32(40(31)58-45)24-39-30(4)37-16-14-28(2)35-18-21-44(6,49)60-42(57-39)47(35,37)51/h7-9,11-12,27-32,34-42,48-51H,10,13-26H2,1-6H3/t27-,28-,29-,30-,31?,32?,34+,35+,36+,37+,38-,39-,40?,41-,42-,43?,44?,45?,46-,47-/m1/s1. The third-order valence-electron chi connectivity index (χ3n) is 17.3. The lowest BCUT2D eigenvalue weighted by Crippen LogP contribution is -2.68. The van der Waals surface area contributed by atoms with Crippen molar-refractivity contribution >= 4 is 9.84 Å². The number of rotatable bonds is 9. The third-order valence-corrected chi connectivity index (χ3v) is 19.1. The Labute approximate surface area is 362 Å². The summed E-state index contributed by atoms with van der Waals surface area (Å²) in [5, 5.41) is 47.7. The zero-order valence-electron chi connectivity index (χ0n) is 37.0. The van der Waals surface area contributed by atoms with Gasteiger partial charge in [-0.15, -0.1) is 0 Å². The Morgan fingerprint density at radius 2 is 1.11 bits per heavy atom. The van der Waals surface area contributed by atoms with Crippen LogP contribution in [-0.2, 0) is 43.0 Å². The van der Waals surface area contributed by atoms with E-state index in [0.717, 1.165) is 25.7 Å². The van der Waals surface area contributed by atoms with Gasteiger partial charge in [0, 0.05) is 31.1 Å². The summed E-state index contributed by atoms with van der Waals surface area (Å²) in [6.07, 6.45) is 4.37. The summed E-state index contributed by atoms with van der Waals surface area (Å²) in [4.78, 5) is 0.276. The molecule has 0 amide bonds. The maximum Gasteiger partial charge on any atom is 0.283 e. The molecule has 9 rings (SSSR count). The Bertz CT molecular complexity index is 1740. The summed E-state index contributed by atoms with van der Waals surface area (Å²) in [6, 6.07) is 8.45. The summed E-state index contributed by atoms with van der Waals surface area (Å²) >= 11 is 0. The first-order chi connectivity index (χ1) is 28.8. The fourth-order valence-corrected chi connectivity index (χ4v) is 15.1. The molecular formula is C47H72O13S. The fraction of sp³-hybridized carbons (Fsp3) is 0.872. The van der Waals surface area contributed by atoms with Crippen LogP contribution in [0.4, 0.5) is 0 Å². The van der Waals surface area contributed by atoms with Crippen LogP contribution in [0.25, 0.3) is 0 Å². The molecule has 0 radical (unpaired) electrons. The van der Waals surface area contributed by atoms with E-state index in [9.17, 15) is 28.8 Å². The van der Waals surface area contributed by atoms with Gasteiger partial charge in [-0.2, -0.15) is 0 Å². The number of fused-ring (bicyclic) bond motifs is 2. The van der Waals surface area contributed by atoms with Crippen LogP contribution in [0.5, 0.6) is 0 Å². The van der Waals surface area contributed by atoms with Crippen molar-refractivity contribution in [1.82, 2.24) is 0 Å². The van der Waals surface area contributed by atoms with Crippen LogP contribution in [0, 0.1) is 59.2 Å². The fourth-order valence-electron chi connectivity index (χ4n) is 13.8. The van der Waals surface area contributed by atoms with Crippen molar-refractivity contribution in [3.8, 4) is 0 Å². The van der Waals surface area contributed by atoms with Gasteiger partial charge in [-0.3, -0.25) is 0 Å². The quantitative estimate of drug-likeness (QED) is 0.231. The molecule has 0 aromatic heterocycles. The molecule has 4 N–H and O–H groups in total. The van der Waals surface area contributed by atoms with E-state index in [2.05, 4.69) is 27.7 Å². The largest absolute Gasteiger partial charge is 0.384 e. The first-order valence-corrected chi connectivity index (χ1v) is 25.2. The summed E-state index contributed by atoms with van der Waals surface area (Å²) in [6.45, 7) is 12.6. The molecule has 344 valence electrons. The van der Waals surface area contributed by atoms with E-state index in [1.54, 1.807) is 44.2 Å². The Morgan fingerprint density at radius 1 is 0.639 bits per heavy atom. The smallest absolute Gasteiger partial charge is 0.283 e. The van der Waals surface area contributed by atoms with Crippen molar-refractivity contribution in [2.45, 2.75) is 183 Å². The van der Waals surface area contributed by atoms with Gasteiger partial charge in [0.2, 0.25) is 0 Å². The first kappa shape index (κ1) is 44.9. The van der Waals surface area contributed by atoms with E-state index < -0.39 is 51.2 Å². The zero-order chi connectivity index (χ0) is 43.3. The molecule has 6 aliphatic heterocycles. The zero-order valence-corrected chi connectivity index (χ0v) is 37.8. The number of ether oxygens (including phenoxy) is 7. The second-order valence-electron chi connectivity index (χ2n) is 21.3. The molecule has 1 aromatic carbocycles. The lowest BCUT2D eigenvalue weighted by atomic mass is 9.57. The Morgan fingerprint density at radius 3 is 1.59 bits per heavy atom. The molecule has 6 heterocycles. The molecule has 8 aliphatic rings. The predicted octanol–water partition coefficient (Wildman–Crippen LogP) is 5.90. The van der Waals surface area contributed by atoms with Gasteiger partial charge in [-0.05, 0) is 131 Å². The topological polar surface area (TPSA) is 180 Å².